The Hall–Kier alpha value is -6.13. The van der Waals surface area contributed by atoms with Gasteiger partial charge in [0.25, 0.3) is 0 Å². The Kier molecular flexibility index (Phi) is 5.78. The van der Waals surface area contributed by atoms with Gasteiger partial charge in [-0.3, -0.25) is 4.98 Å². The number of hydrogen-bond donors (Lipinski definition) is 0. The molecule has 0 unspecified atom stereocenters. The molecule has 9 aromatic rings. The Morgan fingerprint density at radius 2 is 0.956 bits per heavy atom. The minimum Gasteiger partial charge on any atom is -0.457 e. The van der Waals surface area contributed by atoms with Crippen LogP contribution in [0.1, 0.15) is 0 Å². The maximum absolute atomic E-state index is 6.39. The molecule has 0 aliphatic carbocycles. The molecule has 0 bridgehead atoms. The molecule has 212 valence electrons. The normalized spacial score (nSPS) is 11.6. The molecule has 6 aromatic carbocycles. The molecule has 0 amide bonds. The third kappa shape index (κ3) is 4.52. The van der Waals surface area contributed by atoms with Gasteiger partial charge < -0.3 is 13.6 Å². The number of benzene rings is 6. The molecule has 45 heavy (non-hydrogen) atoms. The fraction of sp³-hybridized carbons (Fsp3) is 0. The Labute approximate surface area is 258 Å². The van der Waals surface area contributed by atoms with Gasteiger partial charge in [0.05, 0.1) is 0 Å². The van der Waals surface area contributed by atoms with Crippen LogP contribution in [-0.4, -0.2) is 4.98 Å². The summed E-state index contributed by atoms with van der Waals surface area (Å²) in [5.74, 6) is 1.55. The minimum absolute atomic E-state index is 0.775. The van der Waals surface area contributed by atoms with E-state index in [0.29, 0.717) is 0 Å². The van der Waals surface area contributed by atoms with Crippen molar-refractivity contribution in [2.24, 2.45) is 0 Å². The van der Waals surface area contributed by atoms with Gasteiger partial charge in [0.15, 0.2) is 5.58 Å². The smallest absolute Gasteiger partial charge is 0.153 e. The number of pyridine rings is 1. The van der Waals surface area contributed by atoms with Gasteiger partial charge in [0, 0.05) is 22.4 Å². The molecule has 0 radical (unpaired) electrons. The standard InChI is InChI=1S/C41H25NO3/c1-2-14-37-34(13-1)35-18-16-31(25-40(35)45-37)29-10-5-12-33(23-29)43-32-11-4-9-28(22-32)26-7-3-8-27(21-26)30-17-19-38-36(24-30)41-39(44-38)15-6-20-42-41/h1-25H. The van der Waals surface area contributed by atoms with Gasteiger partial charge in [-0.05, 0) is 106 Å². The summed E-state index contributed by atoms with van der Waals surface area (Å²) >= 11 is 0. The number of aromatic nitrogens is 1. The van der Waals surface area contributed by atoms with E-state index in [1.807, 2.05) is 60.7 Å². The van der Waals surface area contributed by atoms with E-state index >= 15 is 0 Å². The summed E-state index contributed by atoms with van der Waals surface area (Å²) in [5.41, 5.74) is 10.9. The van der Waals surface area contributed by atoms with Crippen LogP contribution in [0.4, 0.5) is 0 Å². The quantitative estimate of drug-likeness (QED) is 0.203. The molecule has 0 aliphatic heterocycles. The summed E-state index contributed by atoms with van der Waals surface area (Å²) in [6.07, 6.45) is 1.80. The van der Waals surface area contributed by atoms with E-state index in [-0.39, 0.29) is 0 Å². The molecule has 0 atom stereocenters. The van der Waals surface area contributed by atoms with Gasteiger partial charge in [-0.25, -0.2) is 0 Å². The molecule has 4 heteroatoms. The second kappa shape index (κ2) is 10.2. The number of hydrogen-bond acceptors (Lipinski definition) is 4. The molecule has 0 saturated carbocycles. The van der Waals surface area contributed by atoms with Crippen LogP contribution in [0.3, 0.4) is 0 Å². The number of furan rings is 2. The van der Waals surface area contributed by atoms with E-state index in [9.17, 15) is 0 Å². The van der Waals surface area contributed by atoms with Crippen molar-refractivity contribution < 1.29 is 13.6 Å². The molecule has 3 heterocycles. The molecule has 0 N–H and O–H groups in total. The molecule has 3 aromatic heterocycles. The summed E-state index contributed by atoms with van der Waals surface area (Å²) in [5, 5.41) is 3.27. The maximum atomic E-state index is 6.39. The van der Waals surface area contributed by atoms with Crippen LogP contribution in [-0.2, 0) is 0 Å². The molecule has 0 saturated heterocycles. The molecular formula is C41H25NO3. The van der Waals surface area contributed by atoms with E-state index in [1.165, 1.54) is 0 Å². The largest absolute Gasteiger partial charge is 0.457 e. The lowest BCUT2D eigenvalue weighted by Gasteiger charge is -2.11. The van der Waals surface area contributed by atoms with E-state index in [0.717, 1.165) is 88.9 Å². The Morgan fingerprint density at radius 1 is 0.378 bits per heavy atom. The fourth-order valence-electron chi connectivity index (χ4n) is 6.18. The average Bonchev–Trinajstić information content (AvgIpc) is 3.66. The zero-order chi connectivity index (χ0) is 29.7. The van der Waals surface area contributed by atoms with Crippen molar-refractivity contribution >= 4 is 44.0 Å². The Balaban J connectivity index is 1.00. The van der Waals surface area contributed by atoms with Crippen LogP contribution >= 0.6 is 0 Å². The molecule has 0 fully saturated rings. The Morgan fingerprint density at radius 3 is 1.76 bits per heavy atom. The second-order valence-electron chi connectivity index (χ2n) is 11.2. The highest BCUT2D eigenvalue weighted by molar-refractivity contribution is 6.06. The van der Waals surface area contributed by atoms with Crippen molar-refractivity contribution in [1.29, 1.82) is 0 Å². The van der Waals surface area contributed by atoms with E-state index in [4.69, 9.17) is 13.6 Å². The summed E-state index contributed by atoms with van der Waals surface area (Å²) in [6.45, 7) is 0. The predicted octanol–water partition coefficient (Wildman–Crippen LogP) is 11.7. The number of nitrogens with zero attached hydrogens (tertiary/aromatic N) is 1. The molecule has 0 spiro atoms. The average molecular weight is 580 g/mol. The maximum Gasteiger partial charge on any atom is 0.153 e. The first kappa shape index (κ1) is 25.4. The zero-order valence-corrected chi connectivity index (χ0v) is 24.1. The lowest BCUT2D eigenvalue weighted by Crippen LogP contribution is -1.87. The van der Waals surface area contributed by atoms with Crippen molar-refractivity contribution in [1.82, 2.24) is 4.98 Å². The third-order valence-electron chi connectivity index (χ3n) is 8.37. The van der Waals surface area contributed by atoms with Crippen LogP contribution in [0.15, 0.2) is 161 Å². The highest BCUT2D eigenvalue weighted by Crippen LogP contribution is 2.36. The number of ether oxygens (including phenoxy) is 1. The van der Waals surface area contributed by atoms with Gasteiger partial charge in [-0.15, -0.1) is 0 Å². The number of fused-ring (bicyclic) bond motifs is 6. The van der Waals surface area contributed by atoms with Crippen molar-refractivity contribution in [3.63, 3.8) is 0 Å². The highest BCUT2D eigenvalue weighted by atomic mass is 16.5. The van der Waals surface area contributed by atoms with Crippen molar-refractivity contribution in [2.75, 3.05) is 0 Å². The van der Waals surface area contributed by atoms with Gasteiger partial charge in [-0.2, -0.15) is 0 Å². The van der Waals surface area contributed by atoms with E-state index in [1.54, 1.807) is 6.20 Å². The van der Waals surface area contributed by atoms with E-state index in [2.05, 4.69) is 89.9 Å². The minimum atomic E-state index is 0.775. The molecule has 9 rings (SSSR count). The van der Waals surface area contributed by atoms with Gasteiger partial charge in [-0.1, -0.05) is 72.8 Å². The van der Waals surface area contributed by atoms with Crippen molar-refractivity contribution in [3.8, 4) is 44.9 Å². The lowest BCUT2D eigenvalue weighted by molar-refractivity contribution is 0.483. The van der Waals surface area contributed by atoms with Gasteiger partial charge >= 0.3 is 0 Å². The summed E-state index contributed by atoms with van der Waals surface area (Å²) < 4.78 is 18.5. The van der Waals surface area contributed by atoms with Gasteiger partial charge in [0.1, 0.15) is 33.8 Å². The Bertz CT molecular complexity index is 2540. The number of rotatable bonds is 5. The van der Waals surface area contributed by atoms with Gasteiger partial charge in [0.2, 0.25) is 0 Å². The summed E-state index contributed by atoms with van der Waals surface area (Å²) in [6, 6.07) is 49.6. The van der Waals surface area contributed by atoms with Crippen molar-refractivity contribution in [3.05, 3.63) is 152 Å². The zero-order valence-electron chi connectivity index (χ0n) is 24.1. The third-order valence-corrected chi connectivity index (χ3v) is 8.37. The highest BCUT2D eigenvalue weighted by Gasteiger charge is 2.11. The molecule has 0 aliphatic rings. The summed E-state index contributed by atoms with van der Waals surface area (Å²) in [7, 11) is 0. The first-order valence-corrected chi connectivity index (χ1v) is 14.9. The SMILES string of the molecule is c1cc(Oc2cccc(-c3ccc4c(c3)oc3ccccc34)c2)cc(-c2cccc(-c3ccc4oc5cccnc5c4c3)c2)c1. The predicted molar refractivity (Wildman–Crippen MR) is 182 cm³/mol. The molecule has 4 nitrogen and oxygen atoms in total. The van der Waals surface area contributed by atoms with Crippen LogP contribution in [0.2, 0.25) is 0 Å². The topological polar surface area (TPSA) is 48.4 Å². The van der Waals surface area contributed by atoms with Crippen molar-refractivity contribution in [2.45, 2.75) is 0 Å². The monoisotopic (exact) mass is 579 g/mol. The summed E-state index contributed by atoms with van der Waals surface area (Å²) in [4.78, 5) is 4.54. The van der Waals surface area contributed by atoms with E-state index < -0.39 is 0 Å². The number of para-hydroxylation sites is 1. The lowest BCUT2D eigenvalue weighted by atomic mass is 9.98. The first-order valence-electron chi connectivity index (χ1n) is 14.9. The first-order chi connectivity index (χ1) is 22.2. The second-order valence-corrected chi connectivity index (χ2v) is 11.2. The molecular weight excluding hydrogens is 554 g/mol. The van der Waals surface area contributed by atoms with Crippen LogP contribution in [0.5, 0.6) is 11.5 Å². The van der Waals surface area contributed by atoms with Crippen LogP contribution < -0.4 is 4.74 Å². The fourth-order valence-corrected chi connectivity index (χ4v) is 6.18. The van der Waals surface area contributed by atoms with Crippen LogP contribution in [0, 0.1) is 0 Å². The van der Waals surface area contributed by atoms with Crippen LogP contribution in [0.25, 0.3) is 77.4 Å².